The summed E-state index contributed by atoms with van der Waals surface area (Å²) in [5.41, 5.74) is 0.649. The quantitative estimate of drug-likeness (QED) is 0.799. The Bertz CT molecular complexity index is 845. The number of ether oxygens (including phenoxy) is 1. The van der Waals surface area contributed by atoms with Gasteiger partial charge in [-0.15, -0.1) is 11.3 Å². The number of thiazole rings is 1. The molecule has 2 heterocycles. The number of carbonyl (C=O) groups excluding carboxylic acids is 1. The highest BCUT2D eigenvalue weighted by molar-refractivity contribution is 7.12. The zero-order chi connectivity index (χ0) is 16.1. The summed E-state index contributed by atoms with van der Waals surface area (Å²) in [5, 5.41) is 4.78. The smallest absolute Gasteiger partial charge is 0.412 e. The van der Waals surface area contributed by atoms with Crippen LogP contribution in [0.4, 0.5) is 10.5 Å². The molecule has 0 spiro atoms. The van der Waals surface area contributed by atoms with E-state index in [2.05, 4.69) is 10.3 Å². The Morgan fingerprint density at radius 2 is 2.04 bits per heavy atom. The monoisotopic (exact) mass is 327 g/mol. The van der Waals surface area contributed by atoms with Gasteiger partial charge in [0.25, 0.3) is 5.56 Å². The first kappa shape index (κ1) is 15.0. The minimum atomic E-state index is -0.678. The molecule has 0 unspecified atom stereocenters. The largest absolute Gasteiger partial charge is 0.444 e. The molecule has 0 radical (unpaired) electrons. The Labute approximate surface area is 136 Å². The summed E-state index contributed by atoms with van der Waals surface area (Å²) in [4.78, 5) is 28.3. The van der Waals surface area contributed by atoms with Crippen LogP contribution in [0.3, 0.4) is 0 Å². The molecule has 0 saturated carbocycles. The number of anilines is 1. The molecule has 2 aromatic heterocycles. The molecule has 0 aliphatic rings. The van der Waals surface area contributed by atoms with Gasteiger partial charge in [0.1, 0.15) is 12.3 Å². The Morgan fingerprint density at radius 1 is 1.22 bits per heavy atom. The summed E-state index contributed by atoms with van der Waals surface area (Å²) in [6, 6.07) is 12.5. The van der Waals surface area contributed by atoms with Crippen LogP contribution in [0.25, 0.3) is 5.13 Å². The molecule has 0 aliphatic heterocycles. The fourth-order valence-corrected chi connectivity index (χ4v) is 2.57. The van der Waals surface area contributed by atoms with E-state index in [1.54, 1.807) is 23.8 Å². The zero-order valence-electron chi connectivity index (χ0n) is 12.0. The van der Waals surface area contributed by atoms with Crippen LogP contribution in [0.15, 0.2) is 65.0 Å². The van der Waals surface area contributed by atoms with Crippen LogP contribution in [0.1, 0.15) is 5.56 Å². The number of amides is 1. The van der Waals surface area contributed by atoms with Crippen molar-refractivity contribution < 1.29 is 9.53 Å². The first-order valence-corrected chi connectivity index (χ1v) is 7.71. The van der Waals surface area contributed by atoms with Gasteiger partial charge in [-0.1, -0.05) is 30.3 Å². The molecular weight excluding hydrogens is 314 g/mol. The molecule has 6 nitrogen and oxygen atoms in total. The van der Waals surface area contributed by atoms with Crippen LogP contribution >= 0.6 is 11.3 Å². The van der Waals surface area contributed by atoms with Crippen molar-refractivity contribution in [2.75, 3.05) is 5.32 Å². The highest BCUT2D eigenvalue weighted by Gasteiger charge is 2.10. The Kier molecular flexibility index (Phi) is 4.49. The third kappa shape index (κ3) is 3.64. The van der Waals surface area contributed by atoms with E-state index in [9.17, 15) is 9.59 Å². The van der Waals surface area contributed by atoms with Crippen molar-refractivity contribution in [2.24, 2.45) is 0 Å². The lowest BCUT2D eigenvalue weighted by Crippen LogP contribution is -2.24. The third-order valence-corrected chi connectivity index (χ3v) is 3.79. The van der Waals surface area contributed by atoms with Crippen LogP contribution in [0.2, 0.25) is 0 Å². The van der Waals surface area contributed by atoms with Crippen LogP contribution in [0.5, 0.6) is 0 Å². The van der Waals surface area contributed by atoms with Crippen molar-refractivity contribution in [1.29, 1.82) is 0 Å². The fourth-order valence-electron chi connectivity index (χ4n) is 1.94. The molecule has 116 valence electrons. The van der Waals surface area contributed by atoms with Crippen LogP contribution in [0, 0.1) is 0 Å². The van der Waals surface area contributed by atoms with Gasteiger partial charge in [0.05, 0.1) is 0 Å². The van der Waals surface area contributed by atoms with Gasteiger partial charge >= 0.3 is 6.09 Å². The van der Waals surface area contributed by atoms with E-state index in [4.69, 9.17) is 4.74 Å². The molecule has 3 aromatic rings. The predicted molar refractivity (Wildman–Crippen MR) is 88.0 cm³/mol. The van der Waals surface area contributed by atoms with Gasteiger partial charge in [0, 0.05) is 17.8 Å². The van der Waals surface area contributed by atoms with Crippen LogP contribution in [-0.2, 0) is 11.3 Å². The summed E-state index contributed by atoms with van der Waals surface area (Å²) >= 11 is 1.33. The van der Waals surface area contributed by atoms with Crippen molar-refractivity contribution in [2.45, 2.75) is 6.61 Å². The third-order valence-electron chi connectivity index (χ3n) is 3.02. The van der Waals surface area contributed by atoms with Crippen molar-refractivity contribution in [1.82, 2.24) is 9.55 Å². The number of nitrogens with zero attached hydrogens (tertiary/aromatic N) is 2. The van der Waals surface area contributed by atoms with E-state index in [0.717, 1.165) is 5.56 Å². The maximum atomic E-state index is 12.3. The number of hydrogen-bond donors (Lipinski definition) is 1. The molecule has 1 aromatic carbocycles. The first-order chi connectivity index (χ1) is 11.2. The highest BCUT2D eigenvalue weighted by atomic mass is 32.1. The van der Waals surface area contributed by atoms with Crippen molar-refractivity contribution >= 4 is 23.1 Å². The minimum absolute atomic E-state index is 0.139. The second-order valence-electron chi connectivity index (χ2n) is 4.60. The summed E-state index contributed by atoms with van der Waals surface area (Å²) in [7, 11) is 0. The second kappa shape index (κ2) is 6.89. The Balaban J connectivity index is 1.69. The van der Waals surface area contributed by atoms with Crippen LogP contribution < -0.4 is 10.9 Å². The van der Waals surface area contributed by atoms with Crippen molar-refractivity contribution in [3.8, 4) is 5.13 Å². The van der Waals surface area contributed by atoms with Gasteiger partial charge in [-0.05, 0) is 17.7 Å². The number of carbonyl (C=O) groups is 1. The predicted octanol–water partition coefficient (Wildman–Crippen LogP) is 3.04. The maximum Gasteiger partial charge on any atom is 0.412 e. The first-order valence-electron chi connectivity index (χ1n) is 6.83. The number of nitrogens with one attached hydrogen (secondary N) is 1. The summed E-state index contributed by atoms with van der Waals surface area (Å²) in [5.74, 6) is 0. The minimum Gasteiger partial charge on any atom is -0.444 e. The van der Waals surface area contributed by atoms with E-state index in [-0.39, 0.29) is 17.9 Å². The van der Waals surface area contributed by atoms with Gasteiger partial charge in [0.2, 0.25) is 0 Å². The number of rotatable bonds is 4. The molecule has 0 bridgehead atoms. The van der Waals surface area contributed by atoms with E-state index in [1.807, 2.05) is 30.3 Å². The summed E-state index contributed by atoms with van der Waals surface area (Å²) < 4.78 is 6.48. The normalized spacial score (nSPS) is 10.3. The maximum absolute atomic E-state index is 12.3. The second-order valence-corrected chi connectivity index (χ2v) is 5.47. The van der Waals surface area contributed by atoms with Gasteiger partial charge in [-0.2, -0.15) is 0 Å². The molecule has 23 heavy (non-hydrogen) atoms. The molecule has 1 amide bonds. The lowest BCUT2D eigenvalue weighted by molar-refractivity contribution is 0.155. The van der Waals surface area contributed by atoms with Gasteiger partial charge in [-0.3, -0.25) is 14.7 Å². The topological polar surface area (TPSA) is 73.2 Å². The summed E-state index contributed by atoms with van der Waals surface area (Å²) in [6.45, 7) is 0.139. The number of pyridine rings is 1. The van der Waals surface area contributed by atoms with E-state index < -0.39 is 6.09 Å². The number of aromatic nitrogens is 2. The average Bonchev–Trinajstić information content (AvgIpc) is 3.10. The molecule has 1 N–H and O–H groups in total. The molecule has 0 saturated heterocycles. The lowest BCUT2D eigenvalue weighted by atomic mass is 10.2. The average molecular weight is 327 g/mol. The number of hydrogen-bond acceptors (Lipinski definition) is 5. The molecule has 7 heteroatoms. The summed E-state index contributed by atoms with van der Waals surface area (Å²) in [6.07, 6.45) is 2.53. The molecule has 0 fully saturated rings. The van der Waals surface area contributed by atoms with Gasteiger partial charge in [-0.25, -0.2) is 9.78 Å². The van der Waals surface area contributed by atoms with E-state index in [1.165, 1.54) is 22.0 Å². The van der Waals surface area contributed by atoms with Crippen molar-refractivity contribution in [3.63, 3.8) is 0 Å². The van der Waals surface area contributed by atoms with Gasteiger partial charge in [0.15, 0.2) is 5.13 Å². The fraction of sp³-hybridized carbons (Fsp3) is 0.0625. The van der Waals surface area contributed by atoms with Crippen LogP contribution in [-0.4, -0.2) is 15.6 Å². The highest BCUT2D eigenvalue weighted by Crippen LogP contribution is 2.10. The van der Waals surface area contributed by atoms with Gasteiger partial charge < -0.3 is 4.74 Å². The Hall–Kier alpha value is -2.93. The Morgan fingerprint density at radius 3 is 2.78 bits per heavy atom. The van der Waals surface area contributed by atoms with E-state index in [0.29, 0.717) is 5.13 Å². The van der Waals surface area contributed by atoms with Crippen molar-refractivity contribution in [3.05, 3.63) is 76.2 Å². The SMILES string of the molecule is O=C(Nc1cccn(-c2nccs2)c1=O)OCc1ccccc1. The zero-order valence-corrected chi connectivity index (χ0v) is 12.8. The van der Waals surface area contributed by atoms with E-state index >= 15 is 0 Å². The molecule has 0 aliphatic carbocycles. The molecule has 3 rings (SSSR count). The molecule has 0 atom stereocenters. The standard InChI is InChI=1S/C16H13N3O3S/c20-14-13(7-4-9-19(14)15-17-8-10-23-15)18-16(21)22-11-12-5-2-1-3-6-12/h1-10H,11H2,(H,18,21). The number of benzene rings is 1. The lowest BCUT2D eigenvalue weighted by Gasteiger charge is -2.08. The molecular formula is C16H13N3O3S.